The SMILES string of the molecule is CN(C)Cc1ccc([C@@H]2CCCCN2Cc2ccc(O)cc2)cc1. The van der Waals surface area contributed by atoms with E-state index in [2.05, 4.69) is 48.2 Å². The van der Waals surface area contributed by atoms with Gasteiger partial charge in [-0.3, -0.25) is 4.90 Å². The Balaban J connectivity index is 1.72. The fourth-order valence-corrected chi connectivity index (χ4v) is 3.60. The van der Waals surface area contributed by atoms with Crippen molar-refractivity contribution in [3.8, 4) is 5.75 Å². The minimum atomic E-state index is 0.338. The predicted molar refractivity (Wildman–Crippen MR) is 98.9 cm³/mol. The van der Waals surface area contributed by atoms with Crippen molar-refractivity contribution in [2.75, 3.05) is 20.6 Å². The molecule has 24 heavy (non-hydrogen) atoms. The Morgan fingerprint density at radius 1 is 0.958 bits per heavy atom. The normalized spacial score (nSPS) is 18.9. The summed E-state index contributed by atoms with van der Waals surface area (Å²) in [5.41, 5.74) is 4.06. The van der Waals surface area contributed by atoms with E-state index in [-0.39, 0.29) is 0 Å². The van der Waals surface area contributed by atoms with Crippen LogP contribution in [0.3, 0.4) is 0 Å². The lowest BCUT2D eigenvalue weighted by Gasteiger charge is -2.36. The van der Waals surface area contributed by atoms with E-state index in [9.17, 15) is 5.11 Å². The topological polar surface area (TPSA) is 26.7 Å². The van der Waals surface area contributed by atoms with Crippen LogP contribution in [0.1, 0.15) is 42.0 Å². The van der Waals surface area contributed by atoms with Gasteiger partial charge in [-0.2, -0.15) is 0 Å². The number of phenols is 1. The highest BCUT2D eigenvalue weighted by Gasteiger charge is 2.23. The second kappa shape index (κ2) is 7.82. The number of aromatic hydroxyl groups is 1. The lowest BCUT2D eigenvalue weighted by molar-refractivity contribution is 0.140. The molecule has 0 amide bonds. The summed E-state index contributed by atoms with van der Waals surface area (Å²) in [6.07, 6.45) is 3.80. The molecule has 1 atom stereocenters. The molecule has 0 spiro atoms. The van der Waals surface area contributed by atoms with Crippen LogP contribution in [-0.4, -0.2) is 35.5 Å². The van der Waals surface area contributed by atoms with Crippen LogP contribution in [0.15, 0.2) is 48.5 Å². The maximum absolute atomic E-state index is 9.46. The van der Waals surface area contributed by atoms with Crippen molar-refractivity contribution >= 4 is 0 Å². The summed E-state index contributed by atoms with van der Waals surface area (Å²) < 4.78 is 0. The Hall–Kier alpha value is -1.84. The first-order valence-electron chi connectivity index (χ1n) is 8.87. The second-order valence-electron chi connectivity index (χ2n) is 7.13. The number of nitrogens with zero attached hydrogens (tertiary/aromatic N) is 2. The van der Waals surface area contributed by atoms with Gasteiger partial charge in [0, 0.05) is 19.1 Å². The van der Waals surface area contributed by atoms with Crippen LogP contribution in [0.2, 0.25) is 0 Å². The molecule has 1 fully saturated rings. The van der Waals surface area contributed by atoms with Crippen LogP contribution in [0.4, 0.5) is 0 Å². The van der Waals surface area contributed by atoms with Gasteiger partial charge in [0.1, 0.15) is 5.75 Å². The number of likely N-dealkylation sites (tertiary alicyclic amines) is 1. The molecular formula is C21H28N2O. The van der Waals surface area contributed by atoms with Gasteiger partial charge in [-0.05, 0) is 62.3 Å². The summed E-state index contributed by atoms with van der Waals surface area (Å²) >= 11 is 0. The lowest BCUT2D eigenvalue weighted by atomic mass is 9.94. The zero-order valence-corrected chi connectivity index (χ0v) is 14.8. The molecule has 3 rings (SSSR count). The molecular weight excluding hydrogens is 296 g/mol. The first kappa shape index (κ1) is 17.0. The molecule has 1 aliphatic heterocycles. The van der Waals surface area contributed by atoms with Crippen molar-refractivity contribution in [1.82, 2.24) is 9.80 Å². The van der Waals surface area contributed by atoms with E-state index in [1.165, 1.54) is 36.0 Å². The molecule has 1 saturated heterocycles. The van der Waals surface area contributed by atoms with Crippen LogP contribution in [0, 0.1) is 0 Å². The Kier molecular flexibility index (Phi) is 5.54. The molecule has 3 heteroatoms. The van der Waals surface area contributed by atoms with Crippen LogP contribution in [0.25, 0.3) is 0 Å². The quantitative estimate of drug-likeness (QED) is 0.894. The van der Waals surface area contributed by atoms with E-state index in [4.69, 9.17) is 0 Å². The summed E-state index contributed by atoms with van der Waals surface area (Å²) in [6.45, 7) is 3.08. The summed E-state index contributed by atoms with van der Waals surface area (Å²) in [5, 5.41) is 9.46. The minimum Gasteiger partial charge on any atom is -0.508 e. The number of piperidine rings is 1. The maximum Gasteiger partial charge on any atom is 0.115 e. The van der Waals surface area contributed by atoms with Gasteiger partial charge < -0.3 is 10.0 Å². The third-order valence-electron chi connectivity index (χ3n) is 4.80. The minimum absolute atomic E-state index is 0.338. The van der Waals surface area contributed by atoms with Crippen LogP contribution in [-0.2, 0) is 13.1 Å². The predicted octanol–water partition coefficient (Wildman–Crippen LogP) is 4.18. The third kappa shape index (κ3) is 4.37. The average molecular weight is 324 g/mol. The number of benzene rings is 2. The van der Waals surface area contributed by atoms with Gasteiger partial charge >= 0.3 is 0 Å². The highest BCUT2D eigenvalue weighted by atomic mass is 16.3. The average Bonchev–Trinajstić information content (AvgIpc) is 2.58. The Bertz CT molecular complexity index is 634. The zero-order chi connectivity index (χ0) is 16.9. The van der Waals surface area contributed by atoms with Crippen molar-refractivity contribution in [1.29, 1.82) is 0 Å². The molecule has 0 aliphatic carbocycles. The van der Waals surface area contributed by atoms with Crippen LogP contribution >= 0.6 is 0 Å². The molecule has 128 valence electrons. The van der Waals surface area contributed by atoms with Crippen molar-refractivity contribution in [3.63, 3.8) is 0 Å². The highest BCUT2D eigenvalue weighted by molar-refractivity contribution is 5.28. The van der Waals surface area contributed by atoms with Crippen LogP contribution in [0.5, 0.6) is 5.75 Å². The molecule has 0 aromatic heterocycles. The highest BCUT2D eigenvalue weighted by Crippen LogP contribution is 2.32. The van der Waals surface area contributed by atoms with Crippen molar-refractivity contribution in [3.05, 3.63) is 65.2 Å². The molecule has 3 nitrogen and oxygen atoms in total. The Morgan fingerprint density at radius 2 is 1.62 bits per heavy atom. The molecule has 0 bridgehead atoms. The van der Waals surface area contributed by atoms with E-state index < -0.39 is 0 Å². The molecule has 0 saturated carbocycles. The van der Waals surface area contributed by atoms with Gasteiger partial charge in [-0.25, -0.2) is 0 Å². The fourth-order valence-electron chi connectivity index (χ4n) is 3.60. The Morgan fingerprint density at radius 3 is 2.29 bits per heavy atom. The zero-order valence-electron chi connectivity index (χ0n) is 14.8. The monoisotopic (exact) mass is 324 g/mol. The first-order valence-corrected chi connectivity index (χ1v) is 8.87. The van der Waals surface area contributed by atoms with Crippen molar-refractivity contribution < 1.29 is 5.11 Å². The molecule has 1 N–H and O–H groups in total. The van der Waals surface area contributed by atoms with Crippen molar-refractivity contribution in [2.24, 2.45) is 0 Å². The number of phenolic OH excluding ortho intramolecular Hbond substituents is 1. The largest absolute Gasteiger partial charge is 0.508 e. The lowest BCUT2D eigenvalue weighted by Crippen LogP contribution is -2.32. The van der Waals surface area contributed by atoms with E-state index in [0.717, 1.165) is 19.6 Å². The molecule has 2 aromatic carbocycles. The van der Waals surface area contributed by atoms with E-state index in [1.54, 1.807) is 12.1 Å². The first-order chi connectivity index (χ1) is 11.6. The van der Waals surface area contributed by atoms with Gasteiger partial charge in [0.25, 0.3) is 0 Å². The van der Waals surface area contributed by atoms with Gasteiger partial charge in [-0.15, -0.1) is 0 Å². The van der Waals surface area contributed by atoms with E-state index >= 15 is 0 Å². The molecule has 1 heterocycles. The molecule has 0 radical (unpaired) electrons. The van der Waals surface area contributed by atoms with Gasteiger partial charge in [0.2, 0.25) is 0 Å². The van der Waals surface area contributed by atoms with Crippen molar-refractivity contribution in [2.45, 2.75) is 38.4 Å². The number of hydrogen-bond donors (Lipinski definition) is 1. The molecule has 0 unspecified atom stereocenters. The van der Waals surface area contributed by atoms with Gasteiger partial charge in [0.15, 0.2) is 0 Å². The smallest absolute Gasteiger partial charge is 0.115 e. The maximum atomic E-state index is 9.46. The number of hydrogen-bond acceptors (Lipinski definition) is 3. The second-order valence-corrected chi connectivity index (χ2v) is 7.13. The summed E-state index contributed by atoms with van der Waals surface area (Å²) in [7, 11) is 4.21. The molecule has 2 aromatic rings. The fraction of sp³-hybridized carbons (Fsp3) is 0.429. The van der Waals surface area contributed by atoms with Gasteiger partial charge in [0.05, 0.1) is 0 Å². The van der Waals surface area contributed by atoms with Crippen LogP contribution < -0.4 is 0 Å². The van der Waals surface area contributed by atoms with E-state index in [1.807, 2.05) is 12.1 Å². The summed E-state index contributed by atoms with van der Waals surface area (Å²) in [6, 6.07) is 17.3. The standard InChI is InChI=1S/C21H28N2O/c1-22(2)15-17-6-10-19(11-7-17)21-5-3-4-14-23(21)16-18-8-12-20(24)13-9-18/h6-13,21,24H,3-5,14-16H2,1-2H3/t21-/m0/s1. The molecule has 1 aliphatic rings. The Labute approximate surface area is 145 Å². The summed E-state index contributed by atoms with van der Waals surface area (Å²) in [5.74, 6) is 0.338. The third-order valence-corrected chi connectivity index (χ3v) is 4.80. The van der Waals surface area contributed by atoms with E-state index in [0.29, 0.717) is 11.8 Å². The van der Waals surface area contributed by atoms with Gasteiger partial charge in [-0.1, -0.05) is 42.8 Å². The summed E-state index contributed by atoms with van der Waals surface area (Å²) in [4.78, 5) is 4.78. The number of rotatable bonds is 5.